The van der Waals surface area contributed by atoms with Gasteiger partial charge in [-0.3, -0.25) is 9.59 Å². The molecule has 2 atom stereocenters. The van der Waals surface area contributed by atoms with E-state index >= 15 is 0 Å². The van der Waals surface area contributed by atoms with Gasteiger partial charge in [-0.25, -0.2) is 0 Å². The number of nitrogens with two attached hydrogens (primary N) is 1. The lowest BCUT2D eigenvalue weighted by molar-refractivity contribution is -0.127. The van der Waals surface area contributed by atoms with Crippen molar-refractivity contribution in [3.05, 3.63) is 54.1 Å². The van der Waals surface area contributed by atoms with Crippen molar-refractivity contribution in [1.29, 1.82) is 0 Å². The van der Waals surface area contributed by atoms with Gasteiger partial charge in [-0.1, -0.05) is 37.3 Å². The van der Waals surface area contributed by atoms with Crippen molar-refractivity contribution in [2.24, 2.45) is 11.7 Å². The van der Waals surface area contributed by atoms with Crippen molar-refractivity contribution in [1.82, 2.24) is 5.32 Å². The number of methoxy groups -OCH3 is 2. The van der Waals surface area contributed by atoms with E-state index in [4.69, 9.17) is 15.2 Å². The predicted molar refractivity (Wildman–Crippen MR) is 111 cm³/mol. The molecule has 0 spiro atoms. The van der Waals surface area contributed by atoms with Crippen molar-refractivity contribution >= 4 is 29.9 Å². The molecule has 8 heteroatoms. The van der Waals surface area contributed by atoms with Gasteiger partial charge >= 0.3 is 0 Å². The summed E-state index contributed by atoms with van der Waals surface area (Å²) in [5.74, 6) is -0.0201. The van der Waals surface area contributed by atoms with Crippen LogP contribution in [0, 0.1) is 5.92 Å². The van der Waals surface area contributed by atoms with Crippen LogP contribution in [0.1, 0.15) is 18.5 Å². The molecule has 28 heavy (non-hydrogen) atoms. The van der Waals surface area contributed by atoms with E-state index in [1.54, 1.807) is 25.1 Å². The maximum absolute atomic E-state index is 12.3. The van der Waals surface area contributed by atoms with Crippen molar-refractivity contribution in [3.8, 4) is 11.5 Å². The number of carbonyl (C=O) groups excluding carboxylic acids is 2. The van der Waals surface area contributed by atoms with Gasteiger partial charge in [-0.2, -0.15) is 0 Å². The van der Waals surface area contributed by atoms with E-state index in [1.807, 2.05) is 30.3 Å². The number of halogens is 1. The Labute approximate surface area is 171 Å². The molecule has 4 N–H and O–H groups in total. The first-order valence-corrected chi connectivity index (χ1v) is 8.55. The second-order valence-corrected chi connectivity index (χ2v) is 6.09. The van der Waals surface area contributed by atoms with Crippen LogP contribution in [0.4, 0.5) is 5.69 Å². The predicted octanol–water partition coefficient (Wildman–Crippen LogP) is 2.52. The van der Waals surface area contributed by atoms with E-state index in [9.17, 15) is 9.59 Å². The average molecular weight is 408 g/mol. The van der Waals surface area contributed by atoms with Crippen LogP contribution in [0.15, 0.2) is 48.5 Å². The number of amides is 2. The van der Waals surface area contributed by atoms with Crippen LogP contribution in [-0.4, -0.2) is 32.6 Å². The van der Waals surface area contributed by atoms with E-state index in [2.05, 4.69) is 10.6 Å². The SMILES string of the molecule is COc1cc(NC(=O)CNC(=O)C(C)C(N)c2ccccc2)cc(OC)c1.Cl. The Morgan fingerprint density at radius 3 is 2.14 bits per heavy atom. The fourth-order valence-electron chi connectivity index (χ4n) is 2.54. The van der Waals surface area contributed by atoms with Crippen molar-refractivity contribution < 1.29 is 19.1 Å². The van der Waals surface area contributed by atoms with Crippen molar-refractivity contribution in [2.75, 3.05) is 26.1 Å². The Morgan fingerprint density at radius 1 is 1.04 bits per heavy atom. The summed E-state index contributed by atoms with van der Waals surface area (Å²) in [5, 5.41) is 5.32. The van der Waals surface area contributed by atoms with Crippen LogP contribution in [0.5, 0.6) is 11.5 Å². The molecule has 0 heterocycles. The molecule has 2 aromatic carbocycles. The number of carbonyl (C=O) groups is 2. The van der Waals surface area contributed by atoms with Gasteiger partial charge in [0.15, 0.2) is 0 Å². The molecule has 7 nitrogen and oxygen atoms in total. The van der Waals surface area contributed by atoms with Gasteiger partial charge in [0.25, 0.3) is 0 Å². The van der Waals surface area contributed by atoms with E-state index in [0.29, 0.717) is 17.2 Å². The highest BCUT2D eigenvalue weighted by Crippen LogP contribution is 2.25. The molecule has 0 aliphatic carbocycles. The number of nitrogens with one attached hydrogen (secondary N) is 2. The highest BCUT2D eigenvalue weighted by atomic mass is 35.5. The van der Waals surface area contributed by atoms with Gasteiger partial charge in [0, 0.05) is 29.9 Å². The summed E-state index contributed by atoms with van der Waals surface area (Å²) in [6, 6.07) is 14.0. The van der Waals surface area contributed by atoms with Crippen LogP contribution < -0.4 is 25.8 Å². The largest absolute Gasteiger partial charge is 0.497 e. The molecular weight excluding hydrogens is 382 g/mol. The molecule has 0 fully saturated rings. The minimum absolute atomic E-state index is 0. The zero-order chi connectivity index (χ0) is 19.8. The number of ether oxygens (including phenoxy) is 2. The van der Waals surface area contributed by atoms with Crippen LogP contribution in [0.2, 0.25) is 0 Å². The standard InChI is InChI=1S/C20H25N3O4.ClH/c1-13(19(21)14-7-5-4-6-8-14)20(25)22-12-18(24)23-15-9-16(26-2)11-17(10-15)27-3;/h4-11,13,19H,12,21H2,1-3H3,(H,22,25)(H,23,24);1H. The molecule has 0 saturated carbocycles. The summed E-state index contributed by atoms with van der Waals surface area (Å²) in [6.07, 6.45) is 0. The third kappa shape index (κ3) is 6.44. The number of anilines is 1. The summed E-state index contributed by atoms with van der Waals surface area (Å²) in [5.41, 5.74) is 7.53. The van der Waals surface area contributed by atoms with Gasteiger partial charge in [0.2, 0.25) is 11.8 Å². The average Bonchev–Trinajstić information content (AvgIpc) is 2.71. The fraction of sp³-hybridized carbons (Fsp3) is 0.300. The summed E-state index contributed by atoms with van der Waals surface area (Å²) < 4.78 is 10.3. The highest BCUT2D eigenvalue weighted by molar-refractivity contribution is 5.95. The van der Waals surface area contributed by atoms with Gasteiger partial charge in [-0.05, 0) is 5.56 Å². The number of hydrogen-bond donors (Lipinski definition) is 3. The fourth-order valence-corrected chi connectivity index (χ4v) is 2.54. The maximum atomic E-state index is 12.3. The number of benzene rings is 2. The van der Waals surface area contributed by atoms with Gasteiger partial charge in [-0.15, -0.1) is 12.4 Å². The molecule has 0 aromatic heterocycles. The quantitative estimate of drug-likeness (QED) is 0.624. The molecule has 0 saturated heterocycles. The third-order valence-corrected chi connectivity index (χ3v) is 4.20. The van der Waals surface area contributed by atoms with Gasteiger partial charge in [0.05, 0.1) is 26.7 Å². The normalized spacial score (nSPS) is 12.1. The lowest BCUT2D eigenvalue weighted by atomic mass is 9.95. The first kappa shape index (κ1) is 23.3. The number of rotatable bonds is 8. The summed E-state index contributed by atoms with van der Waals surface area (Å²) in [6.45, 7) is 1.57. The smallest absolute Gasteiger partial charge is 0.243 e. The molecule has 0 radical (unpaired) electrons. The molecule has 0 bridgehead atoms. The molecule has 0 aliphatic heterocycles. The van der Waals surface area contributed by atoms with E-state index in [-0.39, 0.29) is 30.8 Å². The lowest BCUT2D eigenvalue weighted by Gasteiger charge is -2.19. The molecular formula is C20H26ClN3O4. The Kier molecular flexibility index (Phi) is 9.27. The molecule has 2 aromatic rings. The third-order valence-electron chi connectivity index (χ3n) is 4.20. The van der Waals surface area contributed by atoms with E-state index in [1.165, 1.54) is 14.2 Å². The van der Waals surface area contributed by atoms with Crippen LogP contribution in [0.25, 0.3) is 0 Å². The van der Waals surface area contributed by atoms with Crippen molar-refractivity contribution in [3.63, 3.8) is 0 Å². The number of hydrogen-bond acceptors (Lipinski definition) is 5. The Balaban J connectivity index is 0.00000392. The monoisotopic (exact) mass is 407 g/mol. The Hall–Kier alpha value is -2.77. The molecule has 2 rings (SSSR count). The maximum Gasteiger partial charge on any atom is 0.243 e. The first-order chi connectivity index (χ1) is 12.9. The summed E-state index contributed by atoms with van der Waals surface area (Å²) in [7, 11) is 3.05. The van der Waals surface area contributed by atoms with Gasteiger partial charge < -0.3 is 25.8 Å². The van der Waals surface area contributed by atoms with Gasteiger partial charge in [0.1, 0.15) is 11.5 Å². The molecule has 0 aliphatic rings. The second kappa shape index (κ2) is 11.2. The molecule has 2 unspecified atom stereocenters. The van der Waals surface area contributed by atoms with Crippen LogP contribution in [0.3, 0.4) is 0 Å². The lowest BCUT2D eigenvalue weighted by Crippen LogP contribution is -2.39. The topological polar surface area (TPSA) is 103 Å². The van der Waals surface area contributed by atoms with E-state index in [0.717, 1.165) is 5.56 Å². The zero-order valence-corrected chi connectivity index (χ0v) is 16.9. The second-order valence-electron chi connectivity index (χ2n) is 6.09. The van der Waals surface area contributed by atoms with E-state index < -0.39 is 12.0 Å². The minimum atomic E-state index is -0.475. The first-order valence-electron chi connectivity index (χ1n) is 8.55. The Morgan fingerprint density at radius 2 is 1.61 bits per heavy atom. The van der Waals surface area contributed by atoms with Crippen molar-refractivity contribution in [2.45, 2.75) is 13.0 Å². The minimum Gasteiger partial charge on any atom is -0.497 e. The van der Waals surface area contributed by atoms with Crippen LogP contribution in [-0.2, 0) is 9.59 Å². The highest BCUT2D eigenvalue weighted by Gasteiger charge is 2.22. The van der Waals surface area contributed by atoms with Crippen LogP contribution >= 0.6 is 12.4 Å². The molecule has 2 amide bonds. The Bertz CT molecular complexity index is 764. The zero-order valence-electron chi connectivity index (χ0n) is 16.1. The molecule has 152 valence electrons. The summed E-state index contributed by atoms with van der Waals surface area (Å²) in [4.78, 5) is 24.4. The summed E-state index contributed by atoms with van der Waals surface area (Å²) >= 11 is 0.